The number of nitrogens with one attached hydrogen (secondary N) is 1. The van der Waals surface area contributed by atoms with E-state index in [0.717, 1.165) is 12.8 Å². The number of rotatable bonds is 4. The van der Waals surface area contributed by atoms with Gasteiger partial charge in [-0.15, -0.1) is 0 Å². The van der Waals surface area contributed by atoms with Crippen molar-refractivity contribution in [3.05, 3.63) is 21.0 Å². The molecule has 1 N–H and O–H groups in total. The molecule has 2 rings (SSSR count). The highest BCUT2D eigenvalue weighted by Crippen LogP contribution is 2.31. The molecular weight excluding hydrogens is 339 g/mol. The number of aromatic nitrogens is 2. The van der Waals surface area contributed by atoms with Crippen molar-refractivity contribution < 1.29 is 13.2 Å². The molecule has 1 aliphatic rings. The van der Waals surface area contributed by atoms with Crippen LogP contribution in [0.5, 0.6) is 0 Å². The van der Waals surface area contributed by atoms with Crippen molar-refractivity contribution in [3.8, 4) is 0 Å². The number of alkyl halides is 3. The fourth-order valence-electron chi connectivity index (χ4n) is 2.15. The van der Waals surface area contributed by atoms with E-state index in [1.165, 1.54) is 12.6 Å². The molecule has 0 bridgehead atoms. The first kappa shape index (κ1) is 15.3. The summed E-state index contributed by atoms with van der Waals surface area (Å²) in [6.07, 6.45) is 0.245. The van der Waals surface area contributed by atoms with E-state index in [-0.39, 0.29) is 10.5 Å². The molecule has 0 spiro atoms. The topological polar surface area (TPSA) is 46.9 Å². The van der Waals surface area contributed by atoms with E-state index in [4.69, 9.17) is 0 Å². The maximum atomic E-state index is 12.3. The molecule has 8 heteroatoms. The predicted molar refractivity (Wildman–Crippen MR) is 72.7 cm³/mol. The summed E-state index contributed by atoms with van der Waals surface area (Å²) in [5.41, 5.74) is -0.346. The lowest BCUT2D eigenvalue weighted by Gasteiger charge is -2.32. The van der Waals surface area contributed by atoms with E-state index < -0.39 is 18.3 Å². The zero-order chi connectivity index (χ0) is 14.9. The van der Waals surface area contributed by atoms with Crippen molar-refractivity contribution >= 4 is 21.6 Å². The number of nitrogens with zero attached hydrogens (tertiary/aromatic N) is 2. The summed E-state index contributed by atoms with van der Waals surface area (Å²) in [6, 6.07) is 0.166. The highest BCUT2D eigenvalue weighted by molar-refractivity contribution is 9.10. The van der Waals surface area contributed by atoms with Gasteiger partial charge in [0, 0.05) is 6.04 Å². The second-order valence-corrected chi connectivity index (χ2v) is 5.87. The lowest BCUT2D eigenvalue weighted by molar-refractivity contribution is -0.143. The molecule has 1 aliphatic carbocycles. The highest BCUT2D eigenvalue weighted by Gasteiger charge is 2.30. The Morgan fingerprint density at radius 1 is 1.55 bits per heavy atom. The van der Waals surface area contributed by atoms with Crippen LogP contribution < -0.4 is 10.9 Å². The fourth-order valence-corrected chi connectivity index (χ4v) is 2.57. The van der Waals surface area contributed by atoms with Crippen LogP contribution >= 0.6 is 15.9 Å². The van der Waals surface area contributed by atoms with Crippen LogP contribution in [0.1, 0.15) is 26.2 Å². The van der Waals surface area contributed by atoms with Crippen LogP contribution in [-0.2, 0) is 6.54 Å². The summed E-state index contributed by atoms with van der Waals surface area (Å²) < 4.78 is 37.4. The number of hydrogen-bond acceptors (Lipinski definition) is 3. The second kappa shape index (κ2) is 5.75. The van der Waals surface area contributed by atoms with Gasteiger partial charge < -0.3 is 5.32 Å². The zero-order valence-corrected chi connectivity index (χ0v) is 12.5. The molecule has 4 nitrogen and oxygen atoms in total. The third-order valence-electron chi connectivity index (χ3n) is 3.55. The van der Waals surface area contributed by atoms with Crippen molar-refractivity contribution in [2.75, 3.05) is 5.32 Å². The molecule has 1 heterocycles. The standard InChI is InChI=1S/C12H15BrF3N3O/c1-7(8-3-2-4-8)18-9-5-17-19(6-12(14,15)16)11(20)10(9)13/h5,7-8,18H,2-4,6H2,1H3. The number of halogens is 4. The third-order valence-corrected chi connectivity index (χ3v) is 4.32. The van der Waals surface area contributed by atoms with E-state index in [1.54, 1.807) is 0 Å². The van der Waals surface area contributed by atoms with E-state index in [1.807, 2.05) is 6.92 Å². The van der Waals surface area contributed by atoms with E-state index >= 15 is 0 Å². The van der Waals surface area contributed by atoms with Crippen LogP contribution in [0.3, 0.4) is 0 Å². The van der Waals surface area contributed by atoms with E-state index in [2.05, 4.69) is 26.3 Å². The summed E-state index contributed by atoms with van der Waals surface area (Å²) in [7, 11) is 0. The van der Waals surface area contributed by atoms with Gasteiger partial charge >= 0.3 is 6.18 Å². The Bertz CT molecular complexity index is 540. The van der Waals surface area contributed by atoms with Gasteiger partial charge in [-0.1, -0.05) is 6.42 Å². The van der Waals surface area contributed by atoms with Gasteiger partial charge in [0.25, 0.3) is 5.56 Å². The Morgan fingerprint density at radius 2 is 2.20 bits per heavy atom. The minimum absolute atomic E-state index is 0.0860. The first-order valence-corrected chi connectivity index (χ1v) is 7.16. The molecule has 112 valence electrons. The smallest absolute Gasteiger partial charge is 0.380 e. The molecule has 20 heavy (non-hydrogen) atoms. The predicted octanol–water partition coefficient (Wildman–Crippen LogP) is 3.17. The summed E-state index contributed by atoms with van der Waals surface area (Å²) in [5, 5.41) is 6.71. The minimum Gasteiger partial charge on any atom is -0.380 e. The van der Waals surface area contributed by atoms with Gasteiger partial charge in [0.1, 0.15) is 11.0 Å². The maximum absolute atomic E-state index is 12.3. The molecule has 1 saturated carbocycles. The van der Waals surface area contributed by atoms with Crippen LogP contribution in [0.4, 0.5) is 18.9 Å². The number of anilines is 1. The average Bonchev–Trinajstić information content (AvgIpc) is 2.25. The summed E-state index contributed by atoms with van der Waals surface area (Å²) in [4.78, 5) is 11.8. The van der Waals surface area contributed by atoms with Gasteiger partial charge in [0.15, 0.2) is 0 Å². The molecule has 0 amide bonds. The van der Waals surface area contributed by atoms with E-state index in [9.17, 15) is 18.0 Å². The molecule has 0 radical (unpaired) electrons. The van der Waals surface area contributed by atoms with Crippen LogP contribution in [0, 0.1) is 5.92 Å². The van der Waals surface area contributed by atoms with Crippen LogP contribution in [0.25, 0.3) is 0 Å². The Morgan fingerprint density at radius 3 is 2.70 bits per heavy atom. The molecule has 1 aromatic heterocycles. The lowest BCUT2D eigenvalue weighted by atomic mass is 9.80. The van der Waals surface area contributed by atoms with Crippen LogP contribution in [0.15, 0.2) is 15.5 Å². The van der Waals surface area contributed by atoms with Gasteiger partial charge in [-0.05, 0) is 41.6 Å². The quantitative estimate of drug-likeness (QED) is 0.904. The molecule has 0 aromatic carbocycles. The first-order valence-electron chi connectivity index (χ1n) is 6.37. The number of hydrogen-bond donors (Lipinski definition) is 1. The van der Waals surface area contributed by atoms with Crippen LogP contribution in [0.2, 0.25) is 0 Å². The summed E-state index contributed by atoms with van der Waals surface area (Å²) in [6.45, 7) is 0.612. The molecular formula is C12H15BrF3N3O. The Hall–Kier alpha value is -1.05. The van der Waals surface area contributed by atoms with Crippen molar-refractivity contribution in [2.45, 2.75) is 44.9 Å². The third kappa shape index (κ3) is 3.53. The zero-order valence-electron chi connectivity index (χ0n) is 10.9. The largest absolute Gasteiger partial charge is 0.408 e. The van der Waals surface area contributed by atoms with Gasteiger partial charge in [-0.25, -0.2) is 4.68 Å². The SMILES string of the molecule is CC(Nc1cnn(CC(F)(F)F)c(=O)c1Br)C1CCC1. The highest BCUT2D eigenvalue weighted by atomic mass is 79.9. The Balaban J connectivity index is 2.15. The van der Waals surface area contributed by atoms with Gasteiger partial charge in [-0.3, -0.25) is 4.79 Å². The first-order chi connectivity index (χ1) is 9.28. The molecule has 1 aromatic rings. The van der Waals surface area contributed by atoms with Gasteiger partial charge in [-0.2, -0.15) is 18.3 Å². The van der Waals surface area contributed by atoms with E-state index in [0.29, 0.717) is 16.3 Å². The van der Waals surface area contributed by atoms with Crippen molar-refractivity contribution in [2.24, 2.45) is 5.92 Å². The average molecular weight is 354 g/mol. The normalized spacial score (nSPS) is 17.6. The summed E-state index contributed by atoms with van der Waals surface area (Å²) in [5.74, 6) is 0.541. The van der Waals surface area contributed by atoms with Crippen LogP contribution in [-0.4, -0.2) is 22.0 Å². The second-order valence-electron chi connectivity index (χ2n) is 5.07. The Kier molecular flexibility index (Phi) is 4.41. The summed E-state index contributed by atoms with van der Waals surface area (Å²) >= 11 is 3.05. The maximum Gasteiger partial charge on any atom is 0.408 e. The monoisotopic (exact) mass is 353 g/mol. The van der Waals surface area contributed by atoms with Gasteiger partial charge in [0.05, 0.1) is 11.9 Å². The van der Waals surface area contributed by atoms with Gasteiger partial charge in [0.2, 0.25) is 0 Å². The molecule has 1 atom stereocenters. The fraction of sp³-hybridized carbons (Fsp3) is 0.667. The van der Waals surface area contributed by atoms with Crippen molar-refractivity contribution in [1.29, 1.82) is 0 Å². The molecule has 0 saturated heterocycles. The Labute approximate surface area is 122 Å². The molecule has 0 aliphatic heterocycles. The minimum atomic E-state index is -4.47. The van der Waals surface area contributed by atoms with Crippen molar-refractivity contribution in [1.82, 2.24) is 9.78 Å². The molecule has 1 fully saturated rings. The van der Waals surface area contributed by atoms with Crippen molar-refractivity contribution in [3.63, 3.8) is 0 Å². The lowest BCUT2D eigenvalue weighted by Crippen LogP contribution is -2.34. The molecule has 1 unspecified atom stereocenters.